The summed E-state index contributed by atoms with van der Waals surface area (Å²) in [6.45, 7) is 6.15. The number of hydrogen-bond donors (Lipinski definition) is 1. The Morgan fingerprint density at radius 2 is 1.77 bits per heavy atom. The fraction of sp³-hybridized carbons (Fsp3) is 0.778. The lowest BCUT2D eigenvalue weighted by Gasteiger charge is -2.17. The van der Waals surface area contributed by atoms with E-state index < -0.39 is 11.9 Å². The van der Waals surface area contributed by atoms with E-state index in [1.807, 2.05) is 20.8 Å². The van der Waals surface area contributed by atoms with E-state index in [4.69, 9.17) is 9.84 Å². The number of carboxylic acid groups (broad SMARTS) is 1. The summed E-state index contributed by atoms with van der Waals surface area (Å²) >= 11 is 0. The van der Waals surface area contributed by atoms with Crippen molar-refractivity contribution >= 4 is 11.9 Å². The summed E-state index contributed by atoms with van der Waals surface area (Å²) in [4.78, 5) is 21.0. The van der Waals surface area contributed by atoms with Gasteiger partial charge in [0.05, 0.1) is 19.4 Å². The first-order valence-corrected chi connectivity index (χ1v) is 4.19. The summed E-state index contributed by atoms with van der Waals surface area (Å²) in [5.41, 5.74) is -0.0706. The molecular weight excluding hydrogens is 172 g/mol. The zero-order chi connectivity index (χ0) is 10.5. The fourth-order valence-electron chi connectivity index (χ4n) is 0.578. The van der Waals surface area contributed by atoms with Crippen LogP contribution in [0.15, 0.2) is 0 Å². The lowest BCUT2D eigenvalue weighted by atomic mass is 9.99. The molecule has 0 fully saturated rings. The Hall–Kier alpha value is -1.06. The Morgan fingerprint density at radius 1 is 1.23 bits per heavy atom. The Bertz CT molecular complexity index is 190. The minimum Gasteiger partial charge on any atom is -0.481 e. The molecular formula is C9H16O4. The van der Waals surface area contributed by atoms with Crippen molar-refractivity contribution < 1.29 is 19.4 Å². The van der Waals surface area contributed by atoms with E-state index in [0.29, 0.717) is 6.61 Å². The number of esters is 1. The normalized spacial score (nSPS) is 11.0. The second-order valence-corrected chi connectivity index (χ2v) is 4.12. The predicted molar refractivity (Wildman–Crippen MR) is 47.3 cm³/mol. The zero-order valence-corrected chi connectivity index (χ0v) is 8.29. The van der Waals surface area contributed by atoms with Crippen molar-refractivity contribution in [2.24, 2.45) is 5.41 Å². The number of aliphatic carboxylic acids is 1. The van der Waals surface area contributed by atoms with E-state index in [1.54, 1.807) is 0 Å². The van der Waals surface area contributed by atoms with Crippen molar-refractivity contribution in [3.8, 4) is 0 Å². The highest BCUT2D eigenvalue weighted by Gasteiger charge is 2.14. The second kappa shape index (κ2) is 4.84. The largest absolute Gasteiger partial charge is 0.481 e. The molecule has 0 rings (SSSR count). The average molecular weight is 188 g/mol. The van der Waals surface area contributed by atoms with Gasteiger partial charge in [0.1, 0.15) is 0 Å². The number of hydrogen-bond acceptors (Lipinski definition) is 3. The van der Waals surface area contributed by atoms with Gasteiger partial charge in [-0.05, 0) is 5.41 Å². The highest BCUT2D eigenvalue weighted by atomic mass is 16.5. The van der Waals surface area contributed by atoms with E-state index in [-0.39, 0.29) is 18.3 Å². The minimum atomic E-state index is -0.979. The van der Waals surface area contributed by atoms with Gasteiger partial charge in [-0.25, -0.2) is 0 Å². The highest BCUT2D eigenvalue weighted by Crippen LogP contribution is 2.13. The number of ether oxygens (including phenoxy) is 1. The third-order valence-corrected chi connectivity index (χ3v) is 1.21. The summed E-state index contributed by atoms with van der Waals surface area (Å²) in [5, 5.41) is 8.28. The summed E-state index contributed by atoms with van der Waals surface area (Å²) in [6.07, 6.45) is -0.214. The van der Waals surface area contributed by atoms with Crippen LogP contribution in [-0.2, 0) is 14.3 Å². The molecule has 0 atom stereocenters. The molecule has 0 aromatic rings. The van der Waals surface area contributed by atoms with Crippen LogP contribution >= 0.6 is 0 Å². The van der Waals surface area contributed by atoms with Crippen LogP contribution in [0.2, 0.25) is 0 Å². The first kappa shape index (κ1) is 11.9. The molecule has 0 amide bonds. The summed E-state index contributed by atoms with van der Waals surface area (Å²) < 4.78 is 4.85. The third kappa shape index (κ3) is 8.85. The molecule has 1 N–H and O–H groups in total. The van der Waals surface area contributed by atoms with Crippen molar-refractivity contribution in [2.45, 2.75) is 33.6 Å². The number of carbonyl (C=O) groups excluding carboxylic acids is 1. The lowest BCUT2D eigenvalue weighted by Crippen LogP contribution is -2.18. The summed E-state index contributed by atoms with van der Waals surface area (Å²) in [7, 11) is 0. The topological polar surface area (TPSA) is 63.6 Å². The smallest absolute Gasteiger partial charge is 0.306 e. The molecule has 0 aliphatic heterocycles. The van der Waals surface area contributed by atoms with Crippen molar-refractivity contribution in [1.29, 1.82) is 0 Å². The quantitative estimate of drug-likeness (QED) is 0.678. The molecule has 0 bridgehead atoms. The van der Waals surface area contributed by atoms with Crippen LogP contribution in [0, 0.1) is 5.41 Å². The van der Waals surface area contributed by atoms with Gasteiger partial charge in [-0.15, -0.1) is 0 Å². The van der Waals surface area contributed by atoms with Gasteiger partial charge in [0.25, 0.3) is 0 Å². The van der Waals surface area contributed by atoms with Crippen LogP contribution in [0.3, 0.4) is 0 Å². The van der Waals surface area contributed by atoms with Crippen LogP contribution in [0.25, 0.3) is 0 Å². The average Bonchev–Trinajstić information content (AvgIpc) is 1.95. The molecule has 0 aromatic carbocycles. The highest BCUT2D eigenvalue weighted by molar-refractivity contribution is 5.76. The SMILES string of the molecule is CC(C)(C)COC(=O)CCC(=O)O. The van der Waals surface area contributed by atoms with Crippen LogP contribution in [0.4, 0.5) is 0 Å². The van der Waals surface area contributed by atoms with Crippen molar-refractivity contribution in [2.75, 3.05) is 6.61 Å². The van der Waals surface area contributed by atoms with Crippen LogP contribution in [-0.4, -0.2) is 23.7 Å². The molecule has 0 aliphatic carbocycles. The third-order valence-electron chi connectivity index (χ3n) is 1.21. The van der Waals surface area contributed by atoms with E-state index in [0.717, 1.165) is 0 Å². The molecule has 13 heavy (non-hydrogen) atoms. The molecule has 0 radical (unpaired) electrons. The molecule has 0 aliphatic rings. The zero-order valence-electron chi connectivity index (χ0n) is 8.29. The Balaban J connectivity index is 3.58. The minimum absolute atomic E-state index is 0.0502. The predicted octanol–water partition coefficient (Wildman–Crippen LogP) is 1.44. The number of carbonyl (C=O) groups is 2. The molecule has 0 unspecified atom stereocenters. The van der Waals surface area contributed by atoms with Crippen LogP contribution in [0.5, 0.6) is 0 Å². The first-order valence-electron chi connectivity index (χ1n) is 4.19. The van der Waals surface area contributed by atoms with Gasteiger partial charge in [-0.1, -0.05) is 20.8 Å². The van der Waals surface area contributed by atoms with E-state index >= 15 is 0 Å². The Kier molecular flexibility index (Phi) is 4.45. The van der Waals surface area contributed by atoms with E-state index in [2.05, 4.69) is 0 Å². The van der Waals surface area contributed by atoms with Gasteiger partial charge >= 0.3 is 11.9 Å². The van der Waals surface area contributed by atoms with E-state index in [1.165, 1.54) is 0 Å². The maximum atomic E-state index is 10.9. The Morgan fingerprint density at radius 3 is 2.15 bits per heavy atom. The van der Waals surface area contributed by atoms with Gasteiger partial charge in [0, 0.05) is 0 Å². The van der Waals surface area contributed by atoms with Gasteiger partial charge in [-0.2, -0.15) is 0 Å². The van der Waals surface area contributed by atoms with E-state index in [9.17, 15) is 9.59 Å². The molecule has 0 saturated heterocycles. The first-order chi connectivity index (χ1) is 5.81. The maximum Gasteiger partial charge on any atom is 0.306 e. The van der Waals surface area contributed by atoms with Gasteiger partial charge < -0.3 is 9.84 Å². The van der Waals surface area contributed by atoms with Crippen molar-refractivity contribution in [1.82, 2.24) is 0 Å². The lowest BCUT2D eigenvalue weighted by molar-refractivity contribution is -0.149. The van der Waals surface area contributed by atoms with Gasteiger partial charge in [0.2, 0.25) is 0 Å². The summed E-state index contributed by atoms with van der Waals surface area (Å²) in [5.74, 6) is -1.43. The van der Waals surface area contributed by atoms with Gasteiger partial charge in [-0.3, -0.25) is 9.59 Å². The molecule has 0 aromatic heterocycles. The number of rotatable bonds is 4. The molecule has 76 valence electrons. The maximum absolute atomic E-state index is 10.9. The van der Waals surface area contributed by atoms with Crippen LogP contribution < -0.4 is 0 Å². The standard InChI is InChI=1S/C9H16O4/c1-9(2,3)6-13-8(12)5-4-7(10)11/h4-6H2,1-3H3,(H,10,11). The Labute approximate surface area is 77.9 Å². The van der Waals surface area contributed by atoms with Crippen LogP contribution in [0.1, 0.15) is 33.6 Å². The molecule has 0 spiro atoms. The molecule has 4 nitrogen and oxygen atoms in total. The monoisotopic (exact) mass is 188 g/mol. The fourth-order valence-corrected chi connectivity index (χ4v) is 0.578. The molecule has 0 heterocycles. The van der Waals surface area contributed by atoms with Crippen molar-refractivity contribution in [3.05, 3.63) is 0 Å². The van der Waals surface area contributed by atoms with Crippen molar-refractivity contribution in [3.63, 3.8) is 0 Å². The number of carboxylic acids is 1. The summed E-state index contributed by atoms with van der Waals surface area (Å²) in [6, 6.07) is 0. The molecule has 4 heteroatoms. The van der Waals surface area contributed by atoms with Gasteiger partial charge in [0.15, 0.2) is 0 Å². The second-order valence-electron chi connectivity index (χ2n) is 4.12. The molecule has 0 saturated carbocycles.